The Morgan fingerprint density at radius 1 is 1.24 bits per heavy atom. The van der Waals surface area contributed by atoms with Crippen molar-refractivity contribution in [1.82, 2.24) is 9.97 Å². The van der Waals surface area contributed by atoms with Crippen molar-refractivity contribution in [2.75, 3.05) is 11.4 Å². The van der Waals surface area contributed by atoms with Gasteiger partial charge in [0, 0.05) is 24.2 Å². The van der Waals surface area contributed by atoms with Gasteiger partial charge in [0.15, 0.2) is 0 Å². The van der Waals surface area contributed by atoms with Crippen LogP contribution in [0.25, 0.3) is 0 Å². The average molecular weight is 345 g/mol. The molecule has 4 nitrogen and oxygen atoms in total. The maximum atomic E-state index is 8.89. The maximum absolute atomic E-state index is 8.89. The van der Waals surface area contributed by atoms with Crippen molar-refractivity contribution in [1.29, 1.82) is 5.26 Å². The van der Waals surface area contributed by atoms with Gasteiger partial charge in [0.2, 0.25) is 0 Å². The molecule has 5 heteroatoms. The van der Waals surface area contributed by atoms with Crippen molar-refractivity contribution in [3.05, 3.63) is 46.8 Å². The van der Waals surface area contributed by atoms with Gasteiger partial charge >= 0.3 is 0 Å². The molecule has 0 atom stereocenters. The van der Waals surface area contributed by atoms with Crippen LogP contribution in [0.2, 0.25) is 0 Å². The number of para-hydroxylation sites is 1. The lowest BCUT2D eigenvalue weighted by atomic mass is 10.2. The first kappa shape index (κ1) is 15.5. The summed E-state index contributed by atoms with van der Waals surface area (Å²) in [6.45, 7) is 4.73. The summed E-state index contributed by atoms with van der Waals surface area (Å²) in [5.74, 6) is 1.84. The molecular weight excluding hydrogens is 328 g/mol. The van der Waals surface area contributed by atoms with Gasteiger partial charge in [-0.3, -0.25) is 0 Å². The van der Waals surface area contributed by atoms with Crippen molar-refractivity contribution >= 4 is 27.4 Å². The first-order chi connectivity index (χ1) is 10.1. The third-order valence-corrected chi connectivity index (χ3v) is 3.41. The minimum Gasteiger partial charge on any atom is -0.325 e. The minimum atomic E-state index is 0.245. The summed E-state index contributed by atoms with van der Waals surface area (Å²) in [5, 5.41) is 8.89. The number of halogens is 1. The molecular formula is C16H17BrN4. The molecule has 0 saturated carbocycles. The van der Waals surface area contributed by atoms with E-state index in [9.17, 15) is 0 Å². The number of hydrogen-bond acceptors (Lipinski definition) is 4. The Hall–Kier alpha value is -1.93. The highest BCUT2D eigenvalue weighted by Crippen LogP contribution is 2.27. The molecule has 2 rings (SSSR count). The van der Waals surface area contributed by atoms with E-state index in [0.29, 0.717) is 13.0 Å². The number of rotatable bonds is 5. The van der Waals surface area contributed by atoms with Crippen LogP contribution in [0.3, 0.4) is 0 Å². The zero-order valence-electron chi connectivity index (χ0n) is 12.1. The van der Waals surface area contributed by atoms with Gasteiger partial charge in [0.05, 0.1) is 12.5 Å². The lowest BCUT2D eigenvalue weighted by Crippen LogP contribution is -2.20. The lowest BCUT2D eigenvalue weighted by molar-refractivity contribution is 0.762. The molecule has 0 fully saturated rings. The molecule has 0 N–H and O–H groups in total. The molecule has 0 bridgehead atoms. The predicted octanol–water partition coefficient (Wildman–Crippen LogP) is 4.41. The van der Waals surface area contributed by atoms with Crippen LogP contribution in [-0.4, -0.2) is 16.5 Å². The normalized spacial score (nSPS) is 10.4. The summed E-state index contributed by atoms with van der Waals surface area (Å²) < 4.78 is 0.758. The Morgan fingerprint density at radius 2 is 1.95 bits per heavy atom. The largest absolute Gasteiger partial charge is 0.325 e. The number of aromatic nitrogens is 2. The van der Waals surface area contributed by atoms with E-state index in [2.05, 4.69) is 45.8 Å². The molecule has 0 radical (unpaired) electrons. The highest BCUT2D eigenvalue weighted by Gasteiger charge is 2.14. The zero-order valence-corrected chi connectivity index (χ0v) is 13.7. The Kier molecular flexibility index (Phi) is 5.29. The first-order valence-electron chi connectivity index (χ1n) is 6.86. The molecule has 0 aliphatic carbocycles. The molecule has 0 saturated heterocycles. The lowest BCUT2D eigenvalue weighted by Gasteiger charge is -2.23. The maximum Gasteiger partial charge on any atom is 0.137 e. The molecule has 1 aromatic heterocycles. The van der Waals surface area contributed by atoms with Crippen molar-refractivity contribution in [2.24, 2.45) is 0 Å². The van der Waals surface area contributed by atoms with Crippen LogP contribution in [0.1, 0.15) is 32.0 Å². The summed E-state index contributed by atoms with van der Waals surface area (Å²) in [5.41, 5.74) is 1.02. The van der Waals surface area contributed by atoms with Gasteiger partial charge in [-0.05, 0) is 28.1 Å². The predicted molar refractivity (Wildman–Crippen MR) is 87.5 cm³/mol. The van der Waals surface area contributed by atoms with Gasteiger partial charge in [-0.1, -0.05) is 32.0 Å². The van der Waals surface area contributed by atoms with Crippen LogP contribution in [0.5, 0.6) is 0 Å². The summed E-state index contributed by atoms with van der Waals surface area (Å²) in [6, 6.07) is 14.0. The molecule has 108 valence electrons. The van der Waals surface area contributed by atoms with Gasteiger partial charge in [-0.15, -0.1) is 0 Å². The minimum absolute atomic E-state index is 0.245. The molecule has 1 heterocycles. The zero-order chi connectivity index (χ0) is 15.2. The van der Waals surface area contributed by atoms with Crippen LogP contribution in [0, 0.1) is 11.3 Å². The average Bonchev–Trinajstić information content (AvgIpc) is 2.48. The third kappa shape index (κ3) is 4.02. The van der Waals surface area contributed by atoms with Crippen molar-refractivity contribution in [3.63, 3.8) is 0 Å². The topological polar surface area (TPSA) is 52.8 Å². The Labute approximate surface area is 133 Å². The van der Waals surface area contributed by atoms with Gasteiger partial charge < -0.3 is 4.90 Å². The quantitative estimate of drug-likeness (QED) is 0.753. The second kappa shape index (κ2) is 7.19. The smallest absolute Gasteiger partial charge is 0.137 e. The Balaban J connectivity index is 2.44. The second-order valence-electron chi connectivity index (χ2n) is 4.96. The molecule has 0 unspecified atom stereocenters. The SMILES string of the molecule is CC(C)c1nc(Br)cc(N(CCC#N)c2ccccc2)n1. The highest BCUT2D eigenvalue weighted by atomic mass is 79.9. The summed E-state index contributed by atoms with van der Waals surface area (Å²) in [7, 11) is 0. The molecule has 2 aromatic rings. The van der Waals surface area contributed by atoms with E-state index in [4.69, 9.17) is 5.26 Å². The van der Waals surface area contributed by atoms with E-state index < -0.39 is 0 Å². The van der Waals surface area contributed by atoms with E-state index in [0.717, 1.165) is 21.9 Å². The summed E-state index contributed by atoms with van der Waals surface area (Å²) in [6.07, 6.45) is 0.438. The monoisotopic (exact) mass is 344 g/mol. The van der Waals surface area contributed by atoms with E-state index in [1.54, 1.807) is 0 Å². The number of nitrogens with zero attached hydrogens (tertiary/aromatic N) is 4. The number of nitriles is 1. The third-order valence-electron chi connectivity index (χ3n) is 3.01. The molecule has 0 aliphatic heterocycles. The van der Waals surface area contributed by atoms with Crippen molar-refractivity contribution in [2.45, 2.75) is 26.2 Å². The molecule has 0 aliphatic rings. The molecule has 1 aromatic carbocycles. The number of hydrogen-bond donors (Lipinski definition) is 0. The van der Waals surface area contributed by atoms with Gasteiger partial charge in [0.1, 0.15) is 16.2 Å². The Morgan fingerprint density at radius 3 is 2.57 bits per heavy atom. The fourth-order valence-corrected chi connectivity index (χ4v) is 2.35. The van der Waals surface area contributed by atoms with Crippen LogP contribution in [0.15, 0.2) is 41.0 Å². The van der Waals surface area contributed by atoms with Crippen LogP contribution >= 0.6 is 15.9 Å². The van der Waals surface area contributed by atoms with E-state index >= 15 is 0 Å². The standard InChI is InChI=1S/C16H17BrN4/c1-12(2)16-19-14(17)11-15(20-16)21(10-6-9-18)13-7-4-3-5-8-13/h3-5,7-8,11-12H,6,10H2,1-2H3. The summed E-state index contributed by atoms with van der Waals surface area (Å²) in [4.78, 5) is 11.1. The Bertz CT molecular complexity index is 634. The van der Waals surface area contributed by atoms with Crippen molar-refractivity contribution in [3.8, 4) is 6.07 Å². The van der Waals surface area contributed by atoms with Gasteiger partial charge in [-0.25, -0.2) is 9.97 Å². The van der Waals surface area contributed by atoms with Crippen LogP contribution in [-0.2, 0) is 0 Å². The molecule has 0 amide bonds. The van der Waals surface area contributed by atoms with Crippen LogP contribution in [0.4, 0.5) is 11.5 Å². The fraction of sp³-hybridized carbons (Fsp3) is 0.312. The molecule has 0 spiro atoms. The van der Waals surface area contributed by atoms with E-state index in [-0.39, 0.29) is 5.92 Å². The van der Waals surface area contributed by atoms with Crippen molar-refractivity contribution < 1.29 is 0 Å². The molecule has 21 heavy (non-hydrogen) atoms. The first-order valence-corrected chi connectivity index (χ1v) is 7.65. The van der Waals surface area contributed by atoms with E-state index in [1.807, 2.05) is 41.3 Å². The van der Waals surface area contributed by atoms with Gasteiger partial charge in [0.25, 0.3) is 0 Å². The van der Waals surface area contributed by atoms with E-state index in [1.165, 1.54) is 0 Å². The highest BCUT2D eigenvalue weighted by molar-refractivity contribution is 9.10. The second-order valence-corrected chi connectivity index (χ2v) is 5.77. The number of anilines is 2. The number of benzene rings is 1. The summed E-state index contributed by atoms with van der Waals surface area (Å²) >= 11 is 3.45. The fourth-order valence-electron chi connectivity index (χ4n) is 1.97. The van der Waals surface area contributed by atoms with Crippen LogP contribution < -0.4 is 4.90 Å². The van der Waals surface area contributed by atoms with Gasteiger partial charge in [-0.2, -0.15) is 5.26 Å².